The smallest absolute Gasteiger partial charge is 0.308 e. The van der Waals surface area contributed by atoms with Crippen LogP contribution < -0.4 is 0 Å². The van der Waals surface area contributed by atoms with Crippen molar-refractivity contribution in [3.8, 4) is 0 Å². The molecule has 0 radical (unpaired) electrons. The Bertz CT molecular complexity index is 519. The number of fused-ring (bicyclic) bond motifs is 2. The minimum absolute atomic E-state index is 0.00181. The number of aliphatic carboxylic acids is 1. The van der Waals surface area contributed by atoms with E-state index in [-0.39, 0.29) is 23.8 Å². The number of hydrogen-bond donors (Lipinski definition) is 1. The lowest BCUT2D eigenvalue weighted by atomic mass is 9.89. The van der Waals surface area contributed by atoms with E-state index in [1.165, 1.54) is 6.07 Å². The van der Waals surface area contributed by atoms with Crippen LogP contribution in [0.3, 0.4) is 0 Å². The van der Waals surface area contributed by atoms with Gasteiger partial charge in [0.25, 0.3) is 0 Å². The van der Waals surface area contributed by atoms with E-state index in [2.05, 4.69) is 4.90 Å². The van der Waals surface area contributed by atoms with E-state index in [4.69, 9.17) is 0 Å². The van der Waals surface area contributed by atoms with Gasteiger partial charge in [0.05, 0.1) is 5.92 Å². The number of benzene rings is 1. The van der Waals surface area contributed by atoms with Gasteiger partial charge in [-0.3, -0.25) is 9.69 Å². The number of hydrogen-bond acceptors (Lipinski definition) is 2. The van der Waals surface area contributed by atoms with Crippen LogP contribution in [0.25, 0.3) is 0 Å². The molecule has 0 amide bonds. The summed E-state index contributed by atoms with van der Waals surface area (Å²) in [6, 6.07) is 7.24. The summed E-state index contributed by atoms with van der Waals surface area (Å²) in [6.45, 7) is 2.05. The molecule has 2 fully saturated rings. The van der Waals surface area contributed by atoms with Crippen LogP contribution in [0.5, 0.6) is 0 Å². The van der Waals surface area contributed by atoms with E-state index in [1.54, 1.807) is 6.07 Å². The van der Waals surface area contributed by atoms with E-state index in [9.17, 15) is 14.3 Å². The Hall–Kier alpha value is -1.42. The van der Waals surface area contributed by atoms with Crippen molar-refractivity contribution in [1.82, 2.24) is 4.90 Å². The van der Waals surface area contributed by atoms with Crippen molar-refractivity contribution >= 4 is 5.97 Å². The summed E-state index contributed by atoms with van der Waals surface area (Å²) in [5.74, 6) is -1.17. The number of nitrogens with zero attached hydrogens (tertiary/aromatic N) is 1. The molecule has 0 saturated carbocycles. The van der Waals surface area contributed by atoms with Gasteiger partial charge in [-0.2, -0.15) is 0 Å². The third-order valence-electron chi connectivity index (χ3n) is 4.92. The molecule has 3 rings (SSSR count). The maximum atomic E-state index is 14.1. The van der Waals surface area contributed by atoms with Gasteiger partial charge in [-0.1, -0.05) is 25.1 Å². The molecular formula is C16H20FNO2. The van der Waals surface area contributed by atoms with E-state index < -0.39 is 5.97 Å². The van der Waals surface area contributed by atoms with Crippen LogP contribution in [0.1, 0.15) is 44.2 Å². The number of carboxylic acids is 1. The molecule has 4 atom stereocenters. The highest BCUT2D eigenvalue weighted by Crippen LogP contribution is 2.47. The topological polar surface area (TPSA) is 40.5 Å². The molecule has 2 aliphatic rings. The normalized spacial score (nSPS) is 30.6. The fourth-order valence-corrected chi connectivity index (χ4v) is 4.12. The number of halogens is 1. The summed E-state index contributed by atoms with van der Waals surface area (Å²) in [5.41, 5.74) is 0.706. The molecule has 2 bridgehead atoms. The van der Waals surface area contributed by atoms with Crippen LogP contribution in [0, 0.1) is 11.7 Å². The van der Waals surface area contributed by atoms with Crippen LogP contribution in [0.2, 0.25) is 0 Å². The zero-order valence-corrected chi connectivity index (χ0v) is 11.6. The third-order valence-corrected chi connectivity index (χ3v) is 4.92. The van der Waals surface area contributed by atoms with Crippen LogP contribution in [-0.4, -0.2) is 28.1 Å². The highest BCUT2D eigenvalue weighted by atomic mass is 19.1. The summed E-state index contributed by atoms with van der Waals surface area (Å²) >= 11 is 0. The van der Waals surface area contributed by atoms with Gasteiger partial charge in [0.15, 0.2) is 0 Å². The Kier molecular flexibility index (Phi) is 3.50. The van der Waals surface area contributed by atoms with Crippen molar-refractivity contribution in [3.05, 3.63) is 35.6 Å². The number of carbonyl (C=O) groups is 1. The van der Waals surface area contributed by atoms with Gasteiger partial charge in [-0.25, -0.2) is 4.39 Å². The fraction of sp³-hybridized carbons (Fsp3) is 0.562. The van der Waals surface area contributed by atoms with Crippen LogP contribution >= 0.6 is 0 Å². The molecule has 1 aromatic rings. The van der Waals surface area contributed by atoms with Crippen LogP contribution in [0.4, 0.5) is 4.39 Å². The predicted molar refractivity (Wildman–Crippen MR) is 73.8 cm³/mol. The first-order valence-corrected chi connectivity index (χ1v) is 7.38. The Morgan fingerprint density at radius 1 is 1.45 bits per heavy atom. The SMILES string of the molecule is CCC(c1ccccc1F)N1C2CCC1C(C(=O)O)C2. The molecule has 20 heavy (non-hydrogen) atoms. The largest absolute Gasteiger partial charge is 0.481 e. The van der Waals surface area contributed by atoms with Crippen molar-refractivity contribution in [2.45, 2.75) is 50.7 Å². The van der Waals surface area contributed by atoms with Crippen molar-refractivity contribution in [1.29, 1.82) is 0 Å². The molecule has 2 saturated heterocycles. The zero-order valence-electron chi connectivity index (χ0n) is 11.6. The maximum absolute atomic E-state index is 14.1. The van der Waals surface area contributed by atoms with Gasteiger partial charge < -0.3 is 5.11 Å². The minimum atomic E-state index is -0.703. The standard InChI is InChI=1S/C16H20FNO2/c1-2-14(11-5-3-4-6-13(11)17)18-10-7-8-15(18)12(9-10)16(19)20/h3-6,10,12,14-15H,2,7-9H2,1H3,(H,19,20). The summed E-state index contributed by atoms with van der Waals surface area (Å²) in [4.78, 5) is 13.6. The molecule has 2 heterocycles. The Balaban J connectivity index is 1.92. The molecule has 108 valence electrons. The second-order valence-electron chi connectivity index (χ2n) is 5.87. The second-order valence-corrected chi connectivity index (χ2v) is 5.87. The zero-order chi connectivity index (χ0) is 14.3. The molecule has 4 unspecified atom stereocenters. The molecule has 1 aromatic carbocycles. The number of rotatable bonds is 4. The molecule has 0 aliphatic carbocycles. The van der Waals surface area contributed by atoms with Gasteiger partial charge >= 0.3 is 5.97 Å². The summed E-state index contributed by atoms with van der Waals surface area (Å²) < 4.78 is 14.1. The average Bonchev–Trinajstić information content (AvgIpc) is 3.00. The molecule has 0 spiro atoms. The third kappa shape index (κ3) is 2.03. The van der Waals surface area contributed by atoms with E-state index >= 15 is 0 Å². The lowest BCUT2D eigenvalue weighted by Crippen LogP contribution is -2.36. The average molecular weight is 277 g/mol. The van der Waals surface area contributed by atoms with Crippen molar-refractivity contribution in [3.63, 3.8) is 0 Å². The molecule has 4 heteroatoms. The lowest BCUT2D eigenvalue weighted by Gasteiger charge is -2.32. The molecule has 1 N–H and O–H groups in total. The fourth-order valence-electron chi connectivity index (χ4n) is 4.12. The van der Waals surface area contributed by atoms with Gasteiger partial charge in [-0.05, 0) is 31.7 Å². The minimum Gasteiger partial charge on any atom is -0.481 e. The summed E-state index contributed by atoms with van der Waals surface area (Å²) in [7, 11) is 0. The molecular weight excluding hydrogens is 257 g/mol. The monoisotopic (exact) mass is 277 g/mol. The highest BCUT2D eigenvalue weighted by Gasteiger charge is 2.51. The second kappa shape index (κ2) is 5.17. The summed E-state index contributed by atoms with van der Waals surface area (Å²) in [6.07, 6.45) is 3.48. The summed E-state index contributed by atoms with van der Waals surface area (Å²) in [5, 5.41) is 9.33. The Morgan fingerprint density at radius 3 is 2.80 bits per heavy atom. The Morgan fingerprint density at radius 2 is 2.20 bits per heavy atom. The van der Waals surface area contributed by atoms with E-state index in [0.29, 0.717) is 18.0 Å². The van der Waals surface area contributed by atoms with Crippen LogP contribution in [0.15, 0.2) is 24.3 Å². The molecule has 0 aromatic heterocycles. The number of carboxylic acid groups (broad SMARTS) is 1. The quantitative estimate of drug-likeness (QED) is 0.918. The van der Waals surface area contributed by atoms with Gasteiger partial charge in [0, 0.05) is 23.7 Å². The first-order chi connectivity index (χ1) is 9.63. The lowest BCUT2D eigenvalue weighted by molar-refractivity contribution is -0.142. The van der Waals surface area contributed by atoms with Gasteiger partial charge in [0.2, 0.25) is 0 Å². The van der Waals surface area contributed by atoms with E-state index in [1.807, 2.05) is 19.1 Å². The van der Waals surface area contributed by atoms with Crippen molar-refractivity contribution in [2.75, 3.05) is 0 Å². The van der Waals surface area contributed by atoms with Crippen molar-refractivity contribution in [2.24, 2.45) is 5.92 Å². The highest BCUT2D eigenvalue weighted by molar-refractivity contribution is 5.71. The maximum Gasteiger partial charge on any atom is 0.308 e. The Labute approximate surface area is 118 Å². The molecule has 2 aliphatic heterocycles. The van der Waals surface area contributed by atoms with Crippen LogP contribution in [-0.2, 0) is 4.79 Å². The van der Waals surface area contributed by atoms with Gasteiger partial charge in [0.1, 0.15) is 5.82 Å². The van der Waals surface area contributed by atoms with E-state index in [0.717, 1.165) is 19.3 Å². The van der Waals surface area contributed by atoms with Crippen molar-refractivity contribution < 1.29 is 14.3 Å². The first kappa shape index (κ1) is 13.6. The molecule has 3 nitrogen and oxygen atoms in total. The first-order valence-electron chi connectivity index (χ1n) is 7.38. The predicted octanol–water partition coefficient (Wildman–Crippen LogP) is 3.21. The van der Waals surface area contributed by atoms with Gasteiger partial charge in [-0.15, -0.1) is 0 Å².